The lowest BCUT2D eigenvalue weighted by Gasteiger charge is -2.15. The summed E-state index contributed by atoms with van der Waals surface area (Å²) in [6, 6.07) is 13.0. The van der Waals surface area contributed by atoms with Gasteiger partial charge < -0.3 is 14.8 Å². The first kappa shape index (κ1) is 22.4. The minimum atomic E-state index is -0.616. The number of benzene rings is 2. The fraction of sp³-hybridized carbons (Fsp3) is 0.261. The SMILES string of the molecule is CCCCOC(=O)c1ccc(NC2=C(Cl)C(=O)N(c3ccc(OCC)cc3)C2=O)cc1. The van der Waals surface area contributed by atoms with E-state index in [-0.39, 0.29) is 10.7 Å². The molecule has 2 aromatic carbocycles. The van der Waals surface area contributed by atoms with Crippen LogP contribution in [-0.4, -0.2) is 31.0 Å². The molecule has 1 N–H and O–H groups in total. The fourth-order valence-corrected chi connectivity index (χ4v) is 3.14. The van der Waals surface area contributed by atoms with Crippen molar-refractivity contribution in [2.24, 2.45) is 0 Å². The summed E-state index contributed by atoms with van der Waals surface area (Å²) in [5, 5.41) is 2.67. The number of hydrogen-bond acceptors (Lipinski definition) is 6. The molecule has 1 aliphatic rings. The van der Waals surface area contributed by atoms with Crippen molar-refractivity contribution < 1.29 is 23.9 Å². The van der Waals surface area contributed by atoms with Crippen molar-refractivity contribution in [1.82, 2.24) is 0 Å². The van der Waals surface area contributed by atoms with Crippen LogP contribution in [0.25, 0.3) is 0 Å². The first-order chi connectivity index (χ1) is 15.0. The van der Waals surface area contributed by atoms with Gasteiger partial charge in [-0.2, -0.15) is 0 Å². The molecule has 0 aliphatic carbocycles. The predicted molar refractivity (Wildman–Crippen MR) is 118 cm³/mol. The van der Waals surface area contributed by atoms with Crippen LogP contribution in [0.3, 0.4) is 0 Å². The van der Waals surface area contributed by atoms with Crippen molar-refractivity contribution >= 4 is 40.8 Å². The second-order valence-corrected chi connectivity index (χ2v) is 7.13. The van der Waals surface area contributed by atoms with Crippen LogP contribution in [0, 0.1) is 0 Å². The standard InChI is InChI=1S/C23H23ClN2O5/c1-3-5-14-31-23(29)15-6-8-16(9-7-15)25-20-19(24)21(27)26(22(20)28)17-10-12-18(13-11-17)30-4-2/h6-13,25H,3-5,14H2,1-2H3. The minimum absolute atomic E-state index is 0.0289. The maximum absolute atomic E-state index is 12.9. The molecule has 0 atom stereocenters. The number of nitrogens with one attached hydrogen (secondary N) is 1. The summed E-state index contributed by atoms with van der Waals surface area (Å²) in [6.07, 6.45) is 1.74. The lowest BCUT2D eigenvalue weighted by molar-refractivity contribution is -0.120. The van der Waals surface area contributed by atoms with Crippen molar-refractivity contribution in [3.8, 4) is 5.75 Å². The van der Waals surface area contributed by atoms with Gasteiger partial charge in [-0.05, 0) is 61.9 Å². The number of rotatable bonds is 9. The summed E-state index contributed by atoms with van der Waals surface area (Å²) in [4.78, 5) is 38.4. The van der Waals surface area contributed by atoms with Crippen LogP contribution in [0.2, 0.25) is 0 Å². The third kappa shape index (κ3) is 5.06. The number of nitrogens with zero attached hydrogens (tertiary/aromatic N) is 1. The van der Waals surface area contributed by atoms with E-state index < -0.39 is 17.8 Å². The van der Waals surface area contributed by atoms with E-state index in [4.69, 9.17) is 21.1 Å². The van der Waals surface area contributed by atoms with E-state index in [1.54, 1.807) is 48.5 Å². The Hall–Kier alpha value is -3.32. The summed E-state index contributed by atoms with van der Waals surface area (Å²) in [7, 11) is 0. The van der Waals surface area contributed by atoms with Crippen molar-refractivity contribution in [2.45, 2.75) is 26.7 Å². The van der Waals surface area contributed by atoms with Gasteiger partial charge in [-0.25, -0.2) is 9.69 Å². The van der Waals surface area contributed by atoms with E-state index in [1.807, 2.05) is 13.8 Å². The zero-order valence-corrected chi connectivity index (χ0v) is 18.1. The number of hydrogen-bond donors (Lipinski definition) is 1. The van der Waals surface area contributed by atoms with Crippen LogP contribution < -0.4 is 15.0 Å². The summed E-state index contributed by atoms with van der Waals surface area (Å²) in [5.74, 6) is -0.959. The Morgan fingerprint density at radius 2 is 1.68 bits per heavy atom. The van der Waals surface area contributed by atoms with E-state index in [2.05, 4.69) is 5.32 Å². The molecule has 2 amide bonds. The average Bonchev–Trinajstić information content (AvgIpc) is 2.98. The quantitative estimate of drug-likeness (QED) is 0.350. The second-order valence-electron chi connectivity index (χ2n) is 6.75. The smallest absolute Gasteiger partial charge is 0.338 e. The van der Waals surface area contributed by atoms with E-state index >= 15 is 0 Å². The van der Waals surface area contributed by atoms with Crippen LogP contribution in [0.5, 0.6) is 5.75 Å². The number of imide groups is 1. The number of ether oxygens (including phenoxy) is 2. The number of carbonyl (C=O) groups excluding carboxylic acids is 3. The summed E-state index contributed by atoms with van der Waals surface area (Å²) >= 11 is 6.16. The molecule has 0 aromatic heterocycles. The van der Waals surface area contributed by atoms with Crippen LogP contribution in [0.4, 0.5) is 11.4 Å². The number of carbonyl (C=O) groups is 3. The third-order valence-electron chi connectivity index (χ3n) is 4.55. The van der Waals surface area contributed by atoms with Gasteiger partial charge in [0.1, 0.15) is 16.5 Å². The predicted octanol–water partition coefficient (Wildman–Crippen LogP) is 4.48. The van der Waals surface area contributed by atoms with Crippen LogP contribution in [-0.2, 0) is 14.3 Å². The highest BCUT2D eigenvalue weighted by Crippen LogP contribution is 2.31. The molecule has 31 heavy (non-hydrogen) atoms. The van der Waals surface area contributed by atoms with Gasteiger partial charge in [0.15, 0.2) is 0 Å². The number of esters is 1. The maximum Gasteiger partial charge on any atom is 0.338 e. The number of amides is 2. The van der Waals surface area contributed by atoms with Gasteiger partial charge in [0, 0.05) is 5.69 Å². The molecule has 1 heterocycles. The van der Waals surface area contributed by atoms with Gasteiger partial charge in [-0.15, -0.1) is 0 Å². The van der Waals surface area contributed by atoms with Crippen LogP contribution in [0.15, 0.2) is 59.3 Å². The van der Waals surface area contributed by atoms with E-state index in [0.717, 1.165) is 17.7 Å². The van der Waals surface area contributed by atoms with Gasteiger partial charge in [-0.3, -0.25) is 9.59 Å². The molecule has 2 aromatic rings. The summed E-state index contributed by atoms with van der Waals surface area (Å²) in [5.41, 5.74) is 1.26. The van der Waals surface area contributed by atoms with Crippen molar-refractivity contribution in [3.05, 3.63) is 64.8 Å². The molecule has 7 nitrogen and oxygen atoms in total. The Morgan fingerprint density at radius 3 is 2.29 bits per heavy atom. The van der Waals surface area contributed by atoms with Gasteiger partial charge in [0.2, 0.25) is 0 Å². The highest BCUT2D eigenvalue weighted by molar-refractivity contribution is 6.53. The fourth-order valence-electron chi connectivity index (χ4n) is 2.93. The number of unbranched alkanes of at least 4 members (excludes halogenated alkanes) is 1. The Morgan fingerprint density at radius 1 is 1.00 bits per heavy atom. The lowest BCUT2D eigenvalue weighted by Crippen LogP contribution is -2.32. The molecule has 0 spiro atoms. The van der Waals surface area contributed by atoms with Crippen LogP contribution >= 0.6 is 11.6 Å². The normalized spacial score (nSPS) is 13.6. The van der Waals surface area contributed by atoms with Gasteiger partial charge >= 0.3 is 5.97 Å². The summed E-state index contributed by atoms with van der Waals surface area (Å²) in [6.45, 7) is 4.76. The number of halogens is 1. The molecule has 0 fully saturated rings. The maximum atomic E-state index is 12.9. The van der Waals surface area contributed by atoms with Gasteiger partial charge in [0.25, 0.3) is 11.8 Å². The molecule has 0 radical (unpaired) electrons. The zero-order chi connectivity index (χ0) is 22.4. The van der Waals surface area contributed by atoms with Crippen molar-refractivity contribution in [3.63, 3.8) is 0 Å². The molecule has 0 saturated carbocycles. The molecule has 3 rings (SSSR count). The Labute approximate surface area is 185 Å². The average molecular weight is 443 g/mol. The molecular formula is C23H23ClN2O5. The van der Waals surface area contributed by atoms with Crippen molar-refractivity contribution in [1.29, 1.82) is 0 Å². The monoisotopic (exact) mass is 442 g/mol. The largest absolute Gasteiger partial charge is 0.494 e. The molecule has 1 aliphatic heterocycles. The highest BCUT2D eigenvalue weighted by Gasteiger charge is 2.38. The molecule has 162 valence electrons. The Kier molecular flexibility index (Phi) is 7.31. The third-order valence-corrected chi connectivity index (χ3v) is 4.90. The van der Waals surface area contributed by atoms with Gasteiger partial charge in [0.05, 0.1) is 24.5 Å². The molecule has 0 bridgehead atoms. The first-order valence-corrected chi connectivity index (χ1v) is 10.4. The van der Waals surface area contributed by atoms with Gasteiger partial charge in [-0.1, -0.05) is 24.9 Å². The minimum Gasteiger partial charge on any atom is -0.494 e. The first-order valence-electron chi connectivity index (χ1n) is 10.0. The second kappa shape index (κ2) is 10.1. The zero-order valence-electron chi connectivity index (χ0n) is 17.3. The highest BCUT2D eigenvalue weighted by atomic mass is 35.5. The lowest BCUT2D eigenvalue weighted by atomic mass is 10.2. The topological polar surface area (TPSA) is 84.9 Å². The van der Waals surface area contributed by atoms with Crippen molar-refractivity contribution in [2.75, 3.05) is 23.4 Å². The Balaban J connectivity index is 1.71. The van der Waals surface area contributed by atoms with E-state index in [0.29, 0.717) is 35.9 Å². The number of anilines is 2. The van der Waals surface area contributed by atoms with E-state index in [9.17, 15) is 14.4 Å². The molecular weight excluding hydrogens is 420 g/mol. The summed E-state index contributed by atoms with van der Waals surface area (Å²) < 4.78 is 10.6. The molecule has 0 saturated heterocycles. The molecule has 0 unspecified atom stereocenters. The molecule has 8 heteroatoms. The van der Waals surface area contributed by atoms with Crippen LogP contribution in [0.1, 0.15) is 37.0 Å². The Bertz CT molecular complexity index is 1000. The van der Waals surface area contributed by atoms with E-state index in [1.165, 1.54) is 0 Å².